The molecule has 54 heavy (non-hydrogen) atoms. The number of fused-ring (bicyclic) bond motifs is 10. The van der Waals surface area contributed by atoms with Gasteiger partial charge < -0.3 is 40.2 Å². The minimum atomic E-state index is -1.44. The first-order chi connectivity index (χ1) is 25.6. The van der Waals surface area contributed by atoms with Gasteiger partial charge in [0.25, 0.3) is 0 Å². The quantitative estimate of drug-likeness (QED) is 0.164. The van der Waals surface area contributed by atoms with E-state index in [0.29, 0.717) is 12.8 Å². The maximum absolute atomic E-state index is 14.1. The van der Waals surface area contributed by atoms with Crippen LogP contribution in [0.2, 0.25) is 0 Å². The molecule has 16 heteroatoms. The molecule has 0 aromatic carbocycles. The van der Waals surface area contributed by atoms with Gasteiger partial charge in [0.15, 0.2) is 12.1 Å². The summed E-state index contributed by atoms with van der Waals surface area (Å²) in [5.74, 6) is -11.2. The predicted octanol–water partition coefficient (Wildman–Crippen LogP) is 0.340. The van der Waals surface area contributed by atoms with Crippen molar-refractivity contribution >= 4 is 47.5 Å². The highest BCUT2D eigenvalue weighted by Gasteiger charge is 2.54. The Bertz CT molecular complexity index is 1460. The summed E-state index contributed by atoms with van der Waals surface area (Å²) >= 11 is 0. The Morgan fingerprint density at radius 1 is 0.574 bits per heavy atom. The zero-order valence-electron chi connectivity index (χ0n) is 31.5. The molecule has 0 aromatic rings. The summed E-state index contributed by atoms with van der Waals surface area (Å²) in [6.45, 7) is 6.18. The summed E-state index contributed by atoms with van der Waals surface area (Å²) in [6.07, 6.45) is 8.69. The van der Waals surface area contributed by atoms with Gasteiger partial charge in [-0.2, -0.15) is 0 Å². The smallest absolute Gasteiger partial charge is 0.331 e. The largest absolute Gasteiger partial charge is 0.467 e. The number of amides is 4. The lowest BCUT2D eigenvalue weighted by atomic mass is 9.81. The van der Waals surface area contributed by atoms with Gasteiger partial charge in [0.2, 0.25) is 23.6 Å². The lowest BCUT2D eigenvalue weighted by Gasteiger charge is -2.31. The molecule has 0 radical (unpaired) electrons. The summed E-state index contributed by atoms with van der Waals surface area (Å²) < 4.78 is 20.9. The van der Waals surface area contributed by atoms with Crippen LogP contribution in [-0.4, -0.2) is 99.1 Å². The fourth-order valence-corrected chi connectivity index (χ4v) is 8.63. The molecule has 5 aliphatic rings. The number of cyclic esters (lactones) is 2. The third-order valence-electron chi connectivity index (χ3n) is 11.1. The van der Waals surface area contributed by atoms with Crippen LogP contribution in [0.3, 0.4) is 0 Å². The second-order valence-electron chi connectivity index (χ2n) is 15.8. The monoisotopic (exact) mass is 756 g/mol. The first-order valence-electron chi connectivity index (χ1n) is 18.7. The number of carbonyl (C=O) groups excluding carboxylic acids is 8. The number of methoxy groups -OCH3 is 2. The first-order valence-corrected chi connectivity index (χ1v) is 18.7. The van der Waals surface area contributed by atoms with Gasteiger partial charge in [-0.1, -0.05) is 52.0 Å². The SMILES string of the molecule is COC(=O)[C@@H]1COC(=O)[C@@H]2[C@@H](C(=O)OC[C@@H](C(=O)OC)NC(=O)[C@H](CC(C)C)NC(=O)[C@@H]3[C@@H](C(=O)N[C@@H](CC(C)C)C(=O)N1)[C@@H]1C=C[C@H]3C1)[C@H]1C=C[C@@H]2C1. The van der Waals surface area contributed by atoms with E-state index >= 15 is 0 Å². The van der Waals surface area contributed by atoms with E-state index in [1.54, 1.807) is 12.2 Å². The molecule has 296 valence electrons. The van der Waals surface area contributed by atoms with Crippen LogP contribution >= 0.6 is 0 Å². The van der Waals surface area contributed by atoms with E-state index in [4.69, 9.17) is 18.9 Å². The van der Waals surface area contributed by atoms with Crippen LogP contribution < -0.4 is 21.3 Å². The number of allylic oxidation sites excluding steroid dienone is 4. The minimum absolute atomic E-state index is 0.0836. The molecule has 4 aliphatic carbocycles. The van der Waals surface area contributed by atoms with Gasteiger partial charge in [0, 0.05) is 0 Å². The molecule has 4 N–H and O–H groups in total. The number of nitrogens with one attached hydrogen (secondary N) is 4. The number of ether oxygens (including phenoxy) is 4. The average Bonchev–Trinajstić information content (AvgIpc) is 3.94. The molecule has 5 rings (SSSR count). The van der Waals surface area contributed by atoms with Gasteiger partial charge in [0.1, 0.15) is 25.3 Å². The molecule has 4 amide bonds. The fourth-order valence-electron chi connectivity index (χ4n) is 8.63. The lowest BCUT2D eigenvalue weighted by Crippen LogP contribution is -2.57. The maximum Gasteiger partial charge on any atom is 0.331 e. The Morgan fingerprint density at radius 3 is 1.22 bits per heavy atom. The molecule has 4 bridgehead atoms. The summed E-state index contributed by atoms with van der Waals surface area (Å²) in [4.78, 5) is 109. The summed E-state index contributed by atoms with van der Waals surface area (Å²) in [7, 11) is 2.23. The number of hydrogen-bond acceptors (Lipinski definition) is 12. The normalized spacial score (nSPS) is 35.8. The minimum Gasteiger partial charge on any atom is -0.467 e. The molecule has 3 fully saturated rings. The number of hydrogen-bond donors (Lipinski definition) is 4. The van der Waals surface area contributed by atoms with Crippen LogP contribution in [0, 0.1) is 59.2 Å². The van der Waals surface area contributed by atoms with Crippen LogP contribution in [0.15, 0.2) is 24.3 Å². The molecular weight excluding hydrogens is 704 g/mol. The Balaban J connectivity index is 1.49. The van der Waals surface area contributed by atoms with Gasteiger partial charge in [-0.3, -0.25) is 28.8 Å². The van der Waals surface area contributed by atoms with E-state index in [1.165, 1.54) is 0 Å². The van der Waals surface area contributed by atoms with Crippen molar-refractivity contribution in [2.24, 2.45) is 59.2 Å². The van der Waals surface area contributed by atoms with E-state index in [9.17, 15) is 38.4 Å². The zero-order chi connectivity index (χ0) is 39.4. The van der Waals surface area contributed by atoms with Crippen molar-refractivity contribution in [3.05, 3.63) is 24.3 Å². The number of esters is 4. The number of rotatable bonds is 6. The highest BCUT2D eigenvalue weighted by Crippen LogP contribution is 2.50. The third-order valence-corrected chi connectivity index (χ3v) is 11.1. The molecule has 0 spiro atoms. The van der Waals surface area contributed by atoms with Crippen molar-refractivity contribution in [3.8, 4) is 0 Å². The van der Waals surface area contributed by atoms with Crippen molar-refractivity contribution in [1.82, 2.24) is 21.3 Å². The molecule has 1 saturated heterocycles. The summed E-state index contributed by atoms with van der Waals surface area (Å²) in [5, 5.41) is 10.8. The molecule has 1 aliphatic heterocycles. The maximum atomic E-state index is 14.1. The van der Waals surface area contributed by atoms with Crippen molar-refractivity contribution < 1.29 is 57.3 Å². The summed E-state index contributed by atoms with van der Waals surface area (Å²) in [5.41, 5.74) is 0. The van der Waals surface area contributed by atoms with Crippen molar-refractivity contribution in [3.63, 3.8) is 0 Å². The van der Waals surface area contributed by atoms with Gasteiger partial charge in [-0.05, 0) is 61.2 Å². The molecule has 12 atom stereocenters. The molecule has 0 unspecified atom stereocenters. The van der Waals surface area contributed by atoms with Gasteiger partial charge >= 0.3 is 23.9 Å². The fraction of sp³-hybridized carbons (Fsp3) is 0.684. The predicted molar refractivity (Wildman–Crippen MR) is 188 cm³/mol. The van der Waals surface area contributed by atoms with E-state index in [0.717, 1.165) is 14.2 Å². The van der Waals surface area contributed by atoms with Crippen LogP contribution in [-0.2, 0) is 57.3 Å². The third kappa shape index (κ3) is 8.78. The van der Waals surface area contributed by atoms with E-state index < -0.39 is 109 Å². The average molecular weight is 757 g/mol. The van der Waals surface area contributed by atoms with E-state index in [1.807, 2.05) is 39.8 Å². The molecule has 16 nitrogen and oxygen atoms in total. The molecule has 1 heterocycles. The molecule has 0 aromatic heterocycles. The van der Waals surface area contributed by atoms with E-state index in [2.05, 4.69) is 21.3 Å². The van der Waals surface area contributed by atoms with E-state index in [-0.39, 0.29) is 48.3 Å². The van der Waals surface area contributed by atoms with Gasteiger partial charge in [-0.25, -0.2) is 9.59 Å². The first kappa shape index (κ1) is 40.4. The molecule has 2 saturated carbocycles. The van der Waals surface area contributed by atoms with Crippen LogP contribution in [0.25, 0.3) is 0 Å². The van der Waals surface area contributed by atoms with Crippen molar-refractivity contribution in [2.75, 3.05) is 27.4 Å². The van der Waals surface area contributed by atoms with Crippen LogP contribution in [0.5, 0.6) is 0 Å². The second-order valence-corrected chi connectivity index (χ2v) is 15.8. The zero-order valence-corrected chi connectivity index (χ0v) is 31.5. The van der Waals surface area contributed by atoms with Gasteiger partial charge in [0.05, 0.1) is 37.9 Å². The molecular formula is C38H52N4O12. The Hall–Kier alpha value is -4.76. The van der Waals surface area contributed by atoms with Crippen LogP contribution in [0.4, 0.5) is 0 Å². The van der Waals surface area contributed by atoms with Gasteiger partial charge in [-0.15, -0.1) is 0 Å². The standard InChI is InChI=1S/C38H52N4O12/c1-17(2)11-23-31(43)41-25(35(47)51-5)15-53-37(49)29-21-9-10-22(14-21)30(29)38(50)54-16-26(36(48)52-6)42-32(44)24(12-18(3)4)40-34(46)28-20-8-7-19(13-20)27(28)33(45)39-23/h7-10,17-30H,11-16H2,1-6H3,(H,39,45)(H,40,46)(H,41,43)(H,42,44)/t19-,20+,21-,22+,23-,24-,25-,26-,27-,28-,29-,30-/m0/s1. The Morgan fingerprint density at radius 2 is 0.907 bits per heavy atom. The highest BCUT2D eigenvalue weighted by atomic mass is 16.6. The number of carbonyl (C=O) groups is 8. The topological polar surface area (TPSA) is 222 Å². The van der Waals surface area contributed by atoms with Crippen molar-refractivity contribution in [2.45, 2.75) is 77.5 Å². The lowest BCUT2D eigenvalue weighted by molar-refractivity contribution is -0.165. The second kappa shape index (κ2) is 17.1. The highest BCUT2D eigenvalue weighted by molar-refractivity contribution is 5.96. The Labute approximate surface area is 314 Å². The Kier molecular flexibility index (Phi) is 12.8. The van der Waals surface area contributed by atoms with Crippen molar-refractivity contribution in [1.29, 1.82) is 0 Å². The van der Waals surface area contributed by atoms with Crippen LogP contribution in [0.1, 0.15) is 53.4 Å². The summed E-state index contributed by atoms with van der Waals surface area (Å²) in [6, 6.07) is -5.15.